The molecule has 0 radical (unpaired) electrons. The monoisotopic (exact) mass is 138 g/mol. The van der Waals surface area contributed by atoms with Gasteiger partial charge in [-0.3, -0.25) is 0 Å². The van der Waals surface area contributed by atoms with E-state index in [2.05, 4.69) is 43.3 Å². The van der Waals surface area contributed by atoms with Crippen molar-refractivity contribution in [2.24, 2.45) is 0 Å². The second-order valence-electron chi connectivity index (χ2n) is 2.78. The summed E-state index contributed by atoms with van der Waals surface area (Å²) in [5.41, 5.74) is 2.84. The third kappa shape index (κ3) is 1.43. The molecule has 1 atom stereocenters. The first kappa shape index (κ1) is 8.65. The number of hydrogen-bond donors (Lipinski definition) is 0. The SMILES string of the molecule is CC1C=Cc2ccccc21.[LiH]. The summed E-state index contributed by atoms with van der Waals surface area (Å²) in [6, 6.07) is 8.54. The van der Waals surface area contributed by atoms with Crippen LogP contribution in [0.15, 0.2) is 30.3 Å². The number of rotatable bonds is 0. The first-order valence-corrected chi connectivity index (χ1v) is 3.65. The molecule has 0 N–H and O–H groups in total. The molecule has 0 saturated heterocycles. The van der Waals surface area contributed by atoms with E-state index in [0.29, 0.717) is 5.92 Å². The summed E-state index contributed by atoms with van der Waals surface area (Å²) in [5.74, 6) is 0.621. The van der Waals surface area contributed by atoms with E-state index in [1.165, 1.54) is 11.1 Å². The van der Waals surface area contributed by atoms with Gasteiger partial charge in [-0.1, -0.05) is 43.3 Å². The van der Waals surface area contributed by atoms with Crippen LogP contribution in [0.1, 0.15) is 24.0 Å². The van der Waals surface area contributed by atoms with Crippen LogP contribution in [-0.2, 0) is 0 Å². The van der Waals surface area contributed by atoms with E-state index in [-0.39, 0.29) is 18.9 Å². The van der Waals surface area contributed by atoms with Gasteiger partial charge in [0.05, 0.1) is 0 Å². The van der Waals surface area contributed by atoms with Gasteiger partial charge < -0.3 is 0 Å². The van der Waals surface area contributed by atoms with Crippen LogP contribution in [0.3, 0.4) is 0 Å². The summed E-state index contributed by atoms with van der Waals surface area (Å²) in [6.45, 7) is 2.22. The molecule has 52 valence electrons. The van der Waals surface area contributed by atoms with E-state index in [9.17, 15) is 0 Å². The molecule has 1 aliphatic carbocycles. The third-order valence-electron chi connectivity index (χ3n) is 2.05. The van der Waals surface area contributed by atoms with Gasteiger partial charge in [0.1, 0.15) is 0 Å². The molecule has 0 heterocycles. The van der Waals surface area contributed by atoms with Crippen molar-refractivity contribution in [1.82, 2.24) is 0 Å². The van der Waals surface area contributed by atoms with Crippen LogP contribution in [0.25, 0.3) is 6.08 Å². The Morgan fingerprint density at radius 2 is 1.91 bits per heavy atom. The molecule has 1 aromatic rings. The average Bonchev–Trinajstić information content (AvgIpc) is 2.34. The van der Waals surface area contributed by atoms with Crippen LogP contribution in [0.4, 0.5) is 0 Å². The fourth-order valence-electron chi connectivity index (χ4n) is 1.43. The molecule has 0 aliphatic heterocycles. The molecule has 0 bridgehead atoms. The molecule has 0 nitrogen and oxygen atoms in total. The van der Waals surface area contributed by atoms with E-state index < -0.39 is 0 Å². The number of allylic oxidation sites excluding steroid dienone is 1. The molecule has 1 unspecified atom stereocenters. The number of fused-ring (bicyclic) bond motifs is 1. The van der Waals surface area contributed by atoms with E-state index in [1.54, 1.807) is 0 Å². The van der Waals surface area contributed by atoms with Crippen LogP contribution in [0, 0.1) is 0 Å². The molecule has 2 rings (SSSR count). The molecule has 1 aliphatic rings. The summed E-state index contributed by atoms with van der Waals surface area (Å²) in [5, 5.41) is 0. The summed E-state index contributed by atoms with van der Waals surface area (Å²) in [6.07, 6.45) is 4.44. The van der Waals surface area contributed by atoms with Crippen LogP contribution in [0.5, 0.6) is 0 Å². The molecule has 0 amide bonds. The van der Waals surface area contributed by atoms with Gasteiger partial charge in [-0.2, -0.15) is 0 Å². The van der Waals surface area contributed by atoms with E-state index in [1.807, 2.05) is 0 Å². The van der Waals surface area contributed by atoms with Crippen molar-refractivity contribution in [2.75, 3.05) is 0 Å². The van der Waals surface area contributed by atoms with Crippen molar-refractivity contribution in [3.63, 3.8) is 0 Å². The van der Waals surface area contributed by atoms with Gasteiger partial charge in [-0.15, -0.1) is 0 Å². The fourth-order valence-corrected chi connectivity index (χ4v) is 1.43. The maximum absolute atomic E-state index is 2.24. The van der Waals surface area contributed by atoms with Gasteiger partial charge in [0.15, 0.2) is 0 Å². The Hall–Kier alpha value is -0.443. The summed E-state index contributed by atoms with van der Waals surface area (Å²) in [4.78, 5) is 0. The van der Waals surface area contributed by atoms with E-state index >= 15 is 0 Å². The molecule has 11 heavy (non-hydrogen) atoms. The predicted octanol–water partition coefficient (Wildman–Crippen LogP) is 2.17. The van der Waals surface area contributed by atoms with Gasteiger partial charge in [0.2, 0.25) is 0 Å². The van der Waals surface area contributed by atoms with Crippen LogP contribution in [-0.4, -0.2) is 18.9 Å². The Morgan fingerprint density at radius 3 is 2.64 bits per heavy atom. The minimum absolute atomic E-state index is 0. The van der Waals surface area contributed by atoms with Crippen molar-refractivity contribution in [2.45, 2.75) is 12.8 Å². The molecule has 0 aromatic heterocycles. The fraction of sp³-hybridized carbons (Fsp3) is 0.200. The number of hydrogen-bond acceptors (Lipinski definition) is 0. The second kappa shape index (κ2) is 3.30. The first-order chi connectivity index (χ1) is 4.88. The van der Waals surface area contributed by atoms with Gasteiger partial charge >= 0.3 is 18.9 Å². The van der Waals surface area contributed by atoms with Crippen LogP contribution in [0.2, 0.25) is 0 Å². The molecule has 1 aromatic carbocycles. The molecular formula is C10H11Li. The van der Waals surface area contributed by atoms with Crippen molar-refractivity contribution in [3.8, 4) is 0 Å². The molecule has 1 heteroatoms. The van der Waals surface area contributed by atoms with Crippen LogP contribution >= 0.6 is 0 Å². The molecular weight excluding hydrogens is 127 g/mol. The van der Waals surface area contributed by atoms with Crippen molar-refractivity contribution >= 4 is 24.9 Å². The normalized spacial score (nSPS) is 19.2. The molecule has 0 spiro atoms. The topological polar surface area (TPSA) is 0 Å². The minimum atomic E-state index is 0. The zero-order chi connectivity index (χ0) is 6.97. The Labute approximate surface area is 79.5 Å². The predicted molar refractivity (Wildman–Crippen MR) is 51.0 cm³/mol. The molecule has 0 fully saturated rings. The standard InChI is InChI=1S/C10H10.Li.H/c1-8-6-7-9-4-2-3-5-10(8)9;;/h2-8H,1H3;;. The number of benzene rings is 1. The first-order valence-electron chi connectivity index (χ1n) is 3.65. The van der Waals surface area contributed by atoms with Crippen molar-refractivity contribution < 1.29 is 0 Å². The van der Waals surface area contributed by atoms with Crippen molar-refractivity contribution in [1.29, 1.82) is 0 Å². The summed E-state index contributed by atoms with van der Waals surface area (Å²) >= 11 is 0. The zero-order valence-electron chi connectivity index (χ0n) is 6.04. The van der Waals surface area contributed by atoms with E-state index in [4.69, 9.17) is 0 Å². The van der Waals surface area contributed by atoms with Gasteiger partial charge in [0, 0.05) is 0 Å². The third-order valence-corrected chi connectivity index (χ3v) is 2.05. The Bertz CT molecular complexity index is 276. The Balaban J connectivity index is 0.000000605. The second-order valence-corrected chi connectivity index (χ2v) is 2.78. The summed E-state index contributed by atoms with van der Waals surface area (Å²) < 4.78 is 0. The van der Waals surface area contributed by atoms with Crippen LogP contribution < -0.4 is 0 Å². The van der Waals surface area contributed by atoms with E-state index in [0.717, 1.165) is 0 Å². The van der Waals surface area contributed by atoms with Gasteiger partial charge in [-0.25, -0.2) is 0 Å². The quantitative estimate of drug-likeness (QED) is 0.482. The van der Waals surface area contributed by atoms with Gasteiger partial charge in [0.25, 0.3) is 0 Å². The average molecular weight is 138 g/mol. The zero-order valence-corrected chi connectivity index (χ0v) is 6.04. The van der Waals surface area contributed by atoms with Crippen molar-refractivity contribution in [3.05, 3.63) is 41.5 Å². The van der Waals surface area contributed by atoms with Gasteiger partial charge in [-0.05, 0) is 17.0 Å². The molecule has 0 saturated carbocycles. The maximum atomic E-state index is 2.24. The summed E-state index contributed by atoms with van der Waals surface area (Å²) in [7, 11) is 0. The Morgan fingerprint density at radius 1 is 1.18 bits per heavy atom. The Kier molecular flexibility index (Phi) is 2.60.